The Kier molecular flexibility index (Phi) is 11.3. The van der Waals surface area contributed by atoms with Crippen LogP contribution in [-0.4, -0.2) is 32.1 Å². The fourth-order valence-electron chi connectivity index (χ4n) is 3.92. The summed E-state index contributed by atoms with van der Waals surface area (Å²) in [6.45, 7) is 3.08. The lowest BCUT2D eigenvalue weighted by Crippen LogP contribution is -2.16. The first-order valence-corrected chi connectivity index (χ1v) is 12.8. The van der Waals surface area contributed by atoms with Crippen LogP contribution in [0.4, 0.5) is 18.9 Å². The van der Waals surface area contributed by atoms with E-state index < -0.39 is 6.36 Å². The van der Waals surface area contributed by atoms with Crippen molar-refractivity contribution in [1.82, 2.24) is 0 Å². The van der Waals surface area contributed by atoms with Crippen LogP contribution < -0.4 is 14.8 Å². The number of carbonyl (C=O) groups excluding carboxylic acids is 1. The second kappa shape index (κ2) is 14.9. The number of esters is 1. The third kappa shape index (κ3) is 10.7. The van der Waals surface area contributed by atoms with Crippen molar-refractivity contribution in [1.29, 1.82) is 0 Å². The number of nitrogens with one attached hydrogen (secondary N) is 1. The maximum Gasteiger partial charge on any atom is 0.573 e. The maximum atomic E-state index is 12.5. The van der Waals surface area contributed by atoms with Crippen molar-refractivity contribution in [2.45, 2.75) is 51.8 Å². The standard InChI is InChI=1S/C30H34F3NO4/c1-23(35)36-20-8-3-9-21-37-29-18-15-26(25-13-16-27(17-14-25)38-30(31,32)33)22-28(29)34-19-7-6-12-24-10-4-2-5-11-24/h2,4-5,10-11,13-18,22,34H,3,6-9,12,19-21H2,1H3. The number of hydrogen-bond donors (Lipinski definition) is 1. The van der Waals surface area contributed by atoms with E-state index in [1.54, 1.807) is 12.1 Å². The van der Waals surface area contributed by atoms with Gasteiger partial charge in [-0.2, -0.15) is 0 Å². The summed E-state index contributed by atoms with van der Waals surface area (Å²) in [7, 11) is 0. The Morgan fingerprint density at radius 2 is 1.53 bits per heavy atom. The van der Waals surface area contributed by atoms with Gasteiger partial charge >= 0.3 is 12.3 Å². The Balaban J connectivity index is 1.60. The van der Waals surface area contributed by atoms with Gasteiger partial charge in [0.1, 0.15) is 11.5 Å². The molecule has 38 heavy (non-hydrogen) atoms. The average Bonchev–Trinajstić information content (AvgIpc) is 2.88. The number of benzene rings is 3. The molecule has 0 radical (unpaired) electrons. The summed E-state index contributed by atoms with van der Waals surface area (Å²) in [6.07, 6.45) is 0.765. The zero-order chi connectivity index (χ0) is 27.2. The van der Waals surface area contributed by atoms with E-state index in [-0.39, 0.29) is 11.7 Å². The molecule has 3 aromatic rings. The minimum atomic E-state index is -4.72. The molecule has 0 aromatic heterocycles. The molecule has 0 aliphatic carbocycles. The highest BCUT2D eigenvalue weighted by atomic mass is 19.4. The zero-order valence-corrected chi connectivity index (χ0v) is 21.6. The molecule has 0 amide bonds. The van der Waals surface area contributed by atoms with E-state index in [4.69, 9.17) is 9.47 Å². The van der Waals surface area contributed by atoms with Gasteiger partial charge in [-0.1, -0.05) is 48.5 Å². The van der Waals surface area contributed by atoms with E-state index >= 15 is 0 Å². The number of alkyl halides is 3. The molecule has 3 rings (SSSR count). The third-order valence-corrected chi connectivity index (χ3v) is 5.80. The second-order valence-electron chi connectivity index (χ2n) is 8.90. The number of halogens is 3. The first kappa shape index (κ1) is 28.9. The quantitative estimate of drug-likeness (QED) is 0.161. The van der Waals surface area contributed by atoms with E-state index in [0.717, 1.165) is 61.9 Å². The van der Waals surface area contributed by atoms with E-state index in [0.29, 0.717) is 19.0 Å². The van der Waals surface area contributed by atoms with Crippen molar-refractivity contribution >= 4 is 11.7 Å². The molecular formula is C30H34F3NO4. The highest BCUT2D eigenvalue weighted by Gasteiger charge is 2.31. The Hall–Kier alpha value is -3.68. The molecule has 0 saturated carbocycles. The van der Waals surface area contributed by atoms with Gasteiger partial charge < -0.3 is 19.5 Å². The summed E-state index contributed by atoms with van der Waals surface area (Å²) >= 11 is 0. The van der Waals surface area contributed by atoms with Gasteiger partial charge in [-0.05, 0) is 79.5 Å². The fourth-order valence-corrected chi connectivity index (χ4v) is 3.92. The molecule has 0 heterocycles. The van der Waals surface area contributed by atoms with Crippen LogP contribution in [0.3, 0.4) is 0 Å². The molecule has 0 aliphatic heterocycles. The highest BCUT2D eigenvalue weighted by Crippen LogP contribution is 2.33. The SMILES string of the molecule is CC(=O)OCCCCCOc1ccc(-c2ccc(OC(F)(F)F)cc2)cc1NCCCCc1ccccc1. The lowest BCUT2D eigenvalue weighted by molar-refractivity contribution is -0.274. The smallest absolute Gasteiger partial charge is 0.491 e. The van der Waals surface area contributed by atoms with Gasteiger partial charge in [0.25, 0.3) is 0 Å². The van der Waals surface area contributed by atoms with Crippen LogP contribution >= 0.6 is 0 Å². The fraction of sp³-hybridized carbons (Fsp3) is 0.367. The summed E-state index contributed by atoms with van der Waals surface area (Å²) in [5.41, 5.74) is 3.76. The molecule has 0 aliphatic rings. The molecule has 204 valence electrons. The van der Waals surface area contributed by atoms with Crippen LogP contribution in [0.1, 0.15) is 44.6 Å². The van der Waals surface area contributed by atoms with E-state index in [9.17, 15) is 18.0 Å². The third-order valence-electron chi connectivity index (χ3n) is 5.80. The molecule has 8 heteroatoms. The minimum absolute atomic E-state index is 0.258. The van der Waals surface area contributed by atoms with Crippen LogP contribution in [0.5, 0.6) is 11.5 Å². The number of aryl methyl sites for hydroxylation is 1. The van der Waals surface area contributed by atoms with Crippen molar-refractivity contribution in [3.05, 3.63) is 78.4 Å². The van der Waals surface area contributed by atoms with Crippen LogP contribution in [0.2, 0.25) is 0 Å². The Bertz CT molecular complexity index is 1120. The number of carbonyl (C=O) groups is 1. The summed E-state index contributed by atoms with van der Waals surface area (Å²) in [4.78, 5) is 10.9. The molecule has 3 aromatic carbocycles. The highest BCUT2D eigenvalue weighted by molar-refractivity contribution is 5.72. The second-order valence-corrected chi connectivity index (χ2v) is 8.90. The molecule has 0 bridgehead atoms. The van der Waals surface area contributed by atoms with E-state index in [1.807, 2.05) is 36.4 Å². The van der Waals surface area contributed by atoms with Gasteiger partial charge in [-0.25, -0.2) is 0 Å². The summed E-state index contributed by atoms with van der Waals surface area (Å²) in [6, 6.07) is 21.9. The van der Waals surface area contributed by atoms with Crippen LogP contribution in [-0.2, 0) is 16.0 Å². The van der Waals surface area contributed by atoms with E-state index in [2.05, 4.69) is 22.2 Å². The zero-order valence-electron chi connectivity index (χ0n) is 21.6. The van der Waals surface area contributed by atoms with Gasteiger partial charge in [-0.15, -0.1) is 13.2 Å². The Morgan fingerprint density at radius 3 is 2.24 bits per heavy atom. The van der Waals surface area contributed by atoms with Crippen molar-refractivity contribution in [2.75, 3.05) is 25.1 Å². The molecular weight excluding hydrogens is 495 g/mol. The molecule has 0 fully saturated rings. The summed E-state index contributed by atoms with van der Waals surface area (Å²) in [5.74, 6) is 0.184. The van der Waals surface area contributed by atoms with Crippen LogP contribution in [0, 0.1) is 0 Å². The number of hydrogen-bond acceptors (Lipinski definition) is 5. The average molecular weight is 530 g/mol. The predicted molar refractivity (Wildman–Crippen MR) is 142 cm³/mol. The number of ether oxygens (including phenoxy) is 3. The lowest BCUT2D eigenvalue weighted by Gasteiger charge is -2.16. The topological polar surface area (TPSA) is 56.8 Å². The Morgan fingerprint density at radius 1 is 0.816 bits per heavy atom. The molecule has 5 nitrogen and oxygen atoms in total. The van der Waals surface area contributed by atoms with Crippen molar-refractivity contribution in [3.8, 4) is 22.6 Å². The molecule has 0 atom stereocenters. The summed E-state index contributed by atoms with van der Waals surface area (Å²) in [5, 5.41) is 3.47. The molecule has 0 unspecified atom stereocenters. The predicted octanol–water partition coefficient (Wildman–Crippen LogP) is 7.80. The number of unbranched alkanes of at least 4 members (excludes halogenated alkanes) is 3. The van der Waals surface area contributed by atoms with Gasteiger partial charge in [0, 0.05) is 13.5 Å². The molecule has 1 N–H and O–H groups in total. The first-order valence-electron chi connectivity index (χ1n) is 12.8. The molecule has 0 spiro atoms. The largest absolute Gasteiger partial charge is 0.573 e. The van der Waals surface area contributed by atoms with Crippen molar-refractivity contribution < 1.29 is 32.2 Å². The number of rotatable bonds is 15. The maximum absolute atomic E-state index is 12.5. The lowest BCUT2D eigenvalue weighted by atomic mass is 10.0. The van der Waals surface area contributed by atoms with Gasteiger partial charge in [0.2, 0.25) is 0 Å². The van der Waals surface area contributed by atoms with Crippen molar-refractivity contribution in [2.24, 2.45) is 0 Å². The van der Waals surface area contributed by atoms with Gasteiger partial charge in [0.05, 0.1) is 18.9 Å². The van der Waals surface area contributed by atoms with Gasteiger partial charge in [-0.3, -0.25) is 4.79 Å². The summed E-state index contributed by atoms with van der Waals surface area (Å²) < 4.78 is 52.4. The first-order chi connectivity index (χ1) is 18.3. The Labute approximate surface area is 221 Å². The molecule has 0 saturated heterocycles. The van der Waals surface area contributed by atoms with E-state index in [1.165, 1.54) is 24.6 Å². The van der Waals surface area contributed by atoms with Gasteiger partial charge in [0.15, 0.2) is 0 Å². The minimum Gasteiger partial charge on any atom is -0.491 e. The normalized spacial score (nSPS) is 11.2. The monoisotopic (exact) mass is 529 g/mol. The van der Waals surface area contributed by atoms with Crippen LogP contribution in [0.25, 0.3) is 11.1 Å². The number of anilines is 1. The van der Waals surface area contributed by atoms with Crippen molar-refractivity contribution in [3.63, 3.8) is 0 Å². The van der Waals surface area contributed by atoms with Crippen LogP contribution in [0.15, 0.2) is 72.8 Å².